The number of hydrazine groups is 1. The first-order chi connectivity index (χ1) is 17.5. The molecule has 0 saturated carbocycles. The van der Waals surface area contributed by atoms with Crippen LogP contribution < -0.4 is 16.6 Å². The van der Waals surface area contributed by atoms with Crippen molar-refractivity contribution in [2.45, 2.75) is 19.7 Å². The molecular formula is C25H21ClF3N5O3. The van der Waals surface area contributed by atoms with Gasteiger partial charge >= 0.3 is 6.18 Å². The molecule has 4 N–H and O–H groups in total. The fraction of sp³-hybridized carbons (Fsp3) is 0.160. The molecule has 4 aromatic rings. The van der Waals surface area contributed by atoms with E-state index < -0.39 is 29.1 Å². The fourth-order valence-corrected chi connectivity index (χ4v) is 4.20. The molecule has 0 saturated heterocycles. The summed E-state index contributed by atoms with van der Waals surface area (Å²) >= 11 is 6.33. The summed E-state index contributed by atoms with van der Waals surface area (Å²) in [6.07, 6.45) is -4.78. The van der Waals surface area contributed by atoms with Gasteiger partial charge in [0.05, 0.1) is 33.6 Å². The number of fused-ring (bicyclic) bond motifs is 1. The molecule has 37 heavy (non-hydrogen) atoms. The van der Waals surface area contributed by atoms with E-state index in [2.05, 4.69) is 4.98 Å². The molecule has 4 rings (SSSR count). The number of amides is 2. The largest absolute Gasteiger partial charge is 0.417 e. The number of benzene rings is 3. The van der Waals surface area contributed by atoms with Gasteiger partial charge in [-0.1, -0.05) is 29.8 Å². The molecule has 12 heteroatoms. The molecule has 1 heterocycles. The molecule has 0 fully saturated rings. The van der Waals surface area contributed by atoms with Crippen LogP contribution in [0.15, 0.2) is 54.6 Å². The van der Waals surface area contributed by atoms with E-state index in [0.717, 1.165) is 12.1 Å². The lowest BCUT2D eigenvalue weighted by Crippen LogP contribution is -2.38. The summed E-state index contributed by atoms with van der Waals surface area (Å²) in [7, 11) is 1.47. The summed E-state index contributed by atoms with van der Waals surface area (Å²) in [5.74, 6) is 4.42. The van der Waals surface area contributed by atoms with Crippen LogP contribution in [0.5, 0.6) is 0 Å². The Bertz CT molecular complexity index is 1530. The Morgan fingerprint density at radius 2 is 1.81 bits per heavy atom. The fourth-order valence-electron chi connectivity index (χ4n) is 4.03. The highest BCUT2D eigenvalue weighted by atomic mass is 35.5. The number of hydrogen-bond acceptors (Lipinski definition) is 5. The standard InChI is InChI=1S/C25H21ClF3N5O3/c1-13-18(26)8-5-9-19(13)33-20-11-14(10-16(23(30)35)22(20)32-21(33)12-37-2)34(31)24(36)15-6-3-4-7-17(15)25(27,28)29/h3-11H,12,31H2,1-2H3,(H2,30,35). The Morgan fingerprint density at radius 3 is 2.46 bits per heavy atom. The highest BCUT2D eigenvalue weighted by Gasteiger charge is 2.36. The lowest BCUT2D eigenvalue weighted by atomic mass is 10.1. The number of aromatic nitrogens is 2. The molecule has 0 unspecified atom stereocenters. The second-order valence-electron chi connectivity index (χ2n) is 8.12. The summed E-state index contributed by atoms with van der Waals surface area (Å²) in [6.45, 7) is 1.82. The summed E-state index contributed by atoms with van der Waals surface area (Å²) in [5.41, 5.74) is 5.45. The van der Waals surface area contributed by atoms with Crippen LogP contribution in [0.4, 0.5) is 18.9 Å². The molecule has 0 atom stereocenters. The number of nitrogens with two attached hydrogens (primary N) is 2. The monoisotopic (exact) mass is 531 g/mol. The molecule has 0 radical (unpaired) electrons. The van der Waals surface area contributed by atoms with E-state index in [1.165, 1.54) is 31.4 Å². The summed E-state index contributed by atoms with van der Waals surface area (Å²) in [6, 6.07) is 12.1. The maximum absolute atomic E-state index is 13.5. The Hall–Kier alpha value is -3.93. The SMILES string of the molecule is COCc1nc2c(C(N)=O)cc(N(N)C(=O)c3ccccc3C(F)(F)F)cc2n1-c1cccc(Cl)c1C. The first kappa shape index (κ1) is 26.1. The van der Waals surface area contributed by atoms with Gasteiger partial charge in [-0.05, 0) is 48.9 Å². The van der Waals surface area contributed by atoms with Gasteiger partial charge in [-0.25, -0.2) is 15.8 Å². The molecule has 0 bridgehead atoms. The minimum Gasteiger partial charge on any atom is -0.377 e. The topological polar surface area (TPSA) is 116 Å². The van der Waals surface area contributed by atoms with Crippen LogP contribution in [0.2, 0.25) is 5.02 Å². The third-order valence-electron chi connectivity index (χ3n) is 5.79. The van der Waals surface area contributed by atoms with E-state index in [9.17, 15) is 22.8 Å². The predicted octanol–water partition coefficient (Wildman–Crippen LogP) is 4.77. The summed E-state index contributed by atoms with van der Waals surface area (Å²) in [5, 5.41) is 1.00. The van der Waals surface area contributed by atoms with Crippen molar-refractivity contribution in [2.75, 3.05) is 12.1 Å². The van der Waals surface area contributed by atoms with E-state index in [0.29, 0.717) is 32.6 Å². The van der Waals surface area contributed by atoms with Gasteiger partial charge in [0.25, 0.3) is 11.8 Å². The van der Waals surface area contributed by atoms with Crippen LogP contribution in [-0.4, -0.2) is 28.5 Å². The molecule has 0 aliphatic heterocycles. The number of primary amides is 1. The predicted molar refractivity (Wildman–Crippen MR) is 132 cm³/mol. The van der Waals surface area contributed by atoms with Crippen molar-refractivity contribution in [3.8, 4) is 5.69 Å². The van der Waals surface area contributed by atoms with E-state index in [-0.39, 0.29) is 23.4 Å². The van der Waals surface area contributed by atoms with Crippen molar-refractivity contribution in [3.05, 3.63) is 87.7 Å². The molecule has 0 spiro atoms. The molecule has 2 amide bonds. The third kappa shape index (κ3) is 4.76. The zero-order valence-electron chi connectivity index (χ0n) is 19.6. The van der Waals surface area contributed by atoms with Crippen molar-refractivity contribution in [3.63, 3.8) is 0 Å². The molecular weight excluding hydrogens is 511 g/mol. The number of imidazole rings is 1. The number of carbonyl (C=O) groups is 2. The minimum atomic E-state index is -4.78. The van der Waals surface area contributed by atoms with Gasteiger partial charge in [0.15, 0.2) is 0 Å². The Balaban J connectivity index is 1.97. The van der Waals surface area contributed by atoms with Crippen LogP contribution in [0, 0.1) is 6.92 Å². The van der Waals surface area contributed by atoms with Gasteiger partial charge in [-0.2, -0.15) is 13.2 Å². The van der Waals surface area contributed by atoms with Crippen LogP contribution in [0.1, 0.15) is 37.7 Å². The molecule has 0 aliphatic rings. The van der Waals surface area contributed by atoms with Gasteiger partial charge in [-0.3, -0.25) is 14.2 Å². The van der Waals surface area contributed by atoms with E-state index in [1.807, 2.05) is 0 Å². The zero-order valence-corrected chi connectivity index (χ0v) is 20.4. The van der Waals surface area contributed by atoms with Crippen molar-refractivity contribution >= 4 is 40.1 Å². The number of hydrogen-bond donors (Lipinski definition) is 2. The average Bonchev–Trinajstić information content (AvgIpc) is 3.21. The Morgan fingerprint density at radius 1 is 1.11 bits per heavy atom. The number of methoxy groups -OCH3 is 1. The van der Waals surface area contributed by atoms with Crippen molar-refractivity contribution in [2.24, 2.45) is 11.6 Å². The van der Waals surface area contributed by atoms with Crippen LogP contribution in [0.3, 0.4) is 0 Å². The highest BCUT2D eigenvalue weighted by molar-refractivity contribution is 6.31. The van der Waals surface area contributed by atoms with Gasteiger partial charge in [-0.15, -0.1) is 0 Å². The molecule has 1 aromatic heterocycles. The number of ether oxygens (including phenoxy) is 1. The van der Waals surface area contributed by atoms with Gasteiger partial charge in [0.1, 0.15) is 17.9 Å². The number of anilines is 1. The number of halogens is 4. The van der Waals surface area contributed by atoms with Crippen molar-refractivity contribution < 1.29 is 27.5 Å². The lowest BCUT2D eigenvalue weighted by Gasteiger charge is -2.20. The minimum absolute atomic E-state index is 0.0401. The Kier molecular flexibility index (Phi) is 6.96. The Labute approximate surface area is 214 Å². The average molecular weight is 532 g/mol. The number of nitrogens with zero attached hydrogens (tertiary/aromatic N) is 3. The van der Waals surface area contributed by atoms with Crippen molar-refractivity contribution in [1.29, 1.82) is 0 Å². The smallest absolute Gasteiger partial charge is 0.377 e. The van der Waals surface area contributed by atoms with E-state index in [1.54, 1.807) is 29.7 Å². The second kappa shape index (κ2) is 9.85. The van der Waals surface area contributed by atoms with Gasteiger partial charge in [0.2, 0.25) is 0 Å². The summed E-state index contributed by atoms with van der Waals surface area (Å²) in [4.78, 5) is 30.0. The maximum atomic E-state index is 13.5. The molecule has 8 nitrogen and oxygen atoms in total. The van der Waals surface area contributed by atoms with Gasteiger partial charge < -0.3 is 10.5 Å². The number of rotatable bonds is 6. The third-order valence-corrected chi connectivity index (χ3v) is 6.20. The normalized spacial score (nSPS) is 11.6. The molecule has 3 aromatic carbocycles. The highest BCUT2D eigenvalue weighted by Crippen LogP contribution is 2.35. The van der Waals surface area contributed by atoms with Gasteiger partial charge in [0, 0.05) is 12.1 Å². The molecule has 192 valence electrons. The first-order valence-electron chi connectivity index (χ1n) is 10.8. The second-order valence-corrected chi connectivity index (χ2v) is 8.53. The quantitative estimate of drug-likeness (QED) is 0.211. The number of alkyl halides is 3. The van der Waals surface area contributed by atoms with E-state index in [4.69, 9.17) is 27.9 Å². The lowest BCUT2D eigenvalue weighted by molar-refractivity contribution is -0.137. The maximum Gasteiger partial charge on any atom is 0.417 e. The van der Waals surface area contributed by atoms with Crippen LogP contribution in [0.25, 0.3) is 16.7 Å². The molecule has 0 aliphatic carbocycles. The number of carbonyl (C=O) groups excluding carboxylic acids is 2. The zero-order chi connectivity index (χ0) is 27.1. The van der Waals surface area contributed by atoms with E-state index >= 15 is 0 Å². The van der Waals surface area contributed by atoms with Crippen molar-refractivity contribution in [1.82, 2.24) is 9.55 Å². The first-order valence-corrected chi connectivity index (χ1v) is 11.2. The summed E-state index contributed by atoms with van der Waals surface area (Å²) < 4.78 is 47.5. The van der Waals surface area contributed by atoms with Crippen LogP contribution in [-0.2, 0) is 17.5 Å². The van der Waals surface area contributed by atoms with Crippen LogP contribution >= 0.6 is 11.6 Å².